The van der Waals surface area contributed by atoms with E-state index < -0.39 is 11.9 Å². The van der Waals surface area contributed by atoms with Crippen molar-refractivity contribution >= 4 is 40.3 Å². The first-order valence-electron chi connectivity index (χ1n) is 12.6. The molecular formula is C29H27N5O4S. The normalized spacial score (nSPS) is 13.9. The van der Waals surface area contributed by atoms with Crippen molar-refractivity contribution in [1.82, 2.24) is 14.3 Å². The van der Waals surface area contributed by atoms with Crippen molar-refractivity contribution in [2.24, 2.45) is 5.92 Å². The van der Waals surface area contributed by atoms with Crippen molar-refractivity contribution in [3.8, 4) is 22.5 Å². The van der Waals surface area contributed by atoms with Gasteiger partial charge in [-0.25, -0.2) is 4.98 Å². The molecule has 10 heteroatoms. The van der Waals surface area contributed by atoms with E-state index in [9.17, 15) is 19.5 Å². The van der Waals surface area contributed by atoms with Gasteiger partial charge in [-0.3, -0.25) is 24.2 Å². The van der Waals surface area contributed by atoms with Crippen LogP contribution in [-0.2, 0) is 20.8 Å². The van der Waals surface area contributed by atoms with Crippen LogP contribution in [0.5, 0.6) is 0 Å². The highest BCUT2D eigenvalue weighted by molar-refractivity contribution is 7.10. The highest BCUT2D eigenvalue weighted by Crippen LogP contribution is 2.33. The zero-order valence-corrected chi connectivity index (χ0v) is 22.2. The van der Waals surface area contributed by atoms with Gasteiger partial charge in [0.2, 0.25) is 16.9 Å². The van der Waals surface area contributed by atoms with Gasteiger partial charge < -0.3 is 5.11 Å². The lowest BCUT2D eigenvalue weighted by Gasteiger charge is -2.20. The molecule has 0 unspecified atom stereocenters. The summed E-state index contributed by atoms with van der Waals surface area (Å²) < 4.78 is 4.52. The monoisotopic (exact) mass is 541 g/mol. The summed E-state index contributed by atoms with van der Waals surface area (Å²) in [6.45, 7) is 0.679. The van der Waals surface area contributed by atoms with Crippen LogP contribution in [0.2, 0.25) is 0 Å². The Kier molecular flexibility index (Phi) is 7.74. The summed E-state index contributed by atoms with van der Waals surface area (Å²) >= 11 is 1.08. The van der Waals surface area contributed by atoms with Crippen LogP contribution in [0.1, 0.15) is 24.8 Å². The second-order valence-corrected chi connectivity index (χ2v) is 10.1. The van der Waals surface area contributed by atoms with Crippen LogP contribution >= 0.6 is 11.5 Å². The fraction of sp³-hybridized carbons (Fsp3) is 0.241. The summed E-state index contributed by atoms with van der Waals surface area (Å²) in [5.41, 5.74) is 3.40. The second kappa shape index (κ2) is 11.5. The standard InChI is InChI=1S/C29H27N5O4S/c1-33(28(38)21(17-26(36)37)16-19-8-3-2-4-9-19)29-31-27(32-39-29)23-11-6-5-10-22(23)20-13-14-24(30-18-20)34-15-7-12-25(34)35/h2-6,8-11,13-14,18,21H,7,12,15-17H2,1H3,(H,36,37)/t21-/m1/s1. The zero-order valence-electron chi connectivity index (χ0n) is 21.4. The van der Waals surface area contributed by atoms with Crippen molar-refractivity contribution < 1.29 is 19.5 Å². The molecule has 5 rings (SSSR count). The Morgan fingerprint density at radius 3 is 2.46 bits per heavy atom. The molecule has 0 saturated carbocycles. The predicted molar refractivity (Wildman–Crippen MR) is 149 cm³/mol. The lowest BCUT2D eigenvalue weighted by atomic mass is 9.95. The van der Waals surface area contributed by atoms with Crippen molar-refractivity contribution in [2.45, 2.75) is 25.7 Å². The van der Waals surface area contributed by atoms with Crippen LogP contribution in [0.25, 0.3) is 22.5 Å². The molecule has 1 fully saturated rings. The molecule has 1 N–H and O–H groups in total. The van der Waals surface area contributed by atoms with E-state index in [1.54, 1.807) is 18.1 Å². The van der Waals surface area contributed by atoms with Crippen molar-refractivity contribution in [2.75, 3.05) is 23.4 Å². The van der Waals surface area contributed by atoms with E-state index in [1.165, 1.54) is 4.90 Å². The summed E-state index contributed by atoms with van der Waals surface area (Å²) in [6, 6.07) is 20.8. The molecule has 0 aliphatic carbocycles. The number of aromatic nitrogens is 3. The molecule has 1 saturated heterocycles. The first-order chi connectivity index (χ1) is 18.9. The summed E-state index contributed by atoms with van der Waals surface area (Å²) in [4.78, 5) is 49.2. The molecule has 9 nitrogen and oxygen atoms in total. The molecule has 2 aromatic carbocycles. The number of carbonyl (C=O) groups is 3. The molecule has 1 atom stereocenters. The number of nitrogens with zero attached hydrogens (tertiary/aromatic N) is 5. The number of benzene rings is 2. The molecule has 2 amide bonds. The van der Waals surface area contributed by atoms with E-state index in [4.69, 9.17) is 0 Å². The summed E-state index contributed by atoms with van der Waals surface area (Å²) in [6.07, 6.45) is 3.16. The van der Waals surface area contributed by atoms with Gasteiger partial charge in [0.1, 0.15) is 5.82 Å². The lowest BCUT2D eigenvalue weighted by Crippen LogP contribution is -2.35. The largest absolute Gasteiger partial charge is 0.481 e. The minimum Gasteiger partial charge on any atom is -0.481 e. The van der Waals surface area contributed by atoms with Gasteiger partial charge in [-0.05, 0) is 36.1 Å². The Labute approximate surface area is 229 Å². The maximum atomic E-state index is 13.3. The third-order valence-corrected chi connectivity index (χ3v) is 7.50. The Bertz CT molecular complexity index is 1490. The number of anilines is 2. The Morgan fingerprint density at radius 1 is 1.05 bits per heavy atom. The van der Waals surface area contributed by atoms with E-state index in [2.05, 4.69) is 14.3 Å². The van der Waals surface area contributed by atoms with Gasteiger partial charge in [-0.1, -0.05) is 54.6 Å². The van der Waals surface area contributed by atoms with E-state index in [0.29, 0.717) is 36.2 Å². The van der Waals surface area contributed by atoms with Crippen LogP contribution in [0.4, 0.5) is 10.9 Å². The third-order valence-electron chi connectivity index (χ3n) is 6.70. The molecule has 4 aromatic rings. The molecule has 3 heterocycles. The highest BCUT2D eigenvalue weighted by atomic mass is 32.1. The van der Waals surface area contributed by atoms with Crippen LogP contribution in [0.3, 0.4) is 0 Å². The van der Waals surface area contributed by atoms with Gasteiger partial charge in [0.15, 0.2) is 5.82 Å². The molecule has 39 heavy (non-hydrogen) atoms. The topological polar surface area (TPSA) is 117 Å². The number of pyridine rings is 1. The van der Waals surface area contributed by atoms with Gasteiger partial charge in [0, 0.05) is 48.9 Å². The molecule has 0 spiro atoms. The maximum absolute atomic E-state index is 13.3. The van der Waals surface area contributed by atoms with Crippen LogP contribution in [0, 0.1) is 5.92 Å². The Morgan fingerprint density at radius 2 is 1.79 bits per heavy atom. The maximum Gasteiger partial charge on any atom is 0.304 e. The minimum absolute atomic E-state index is 0.0860. The average Bonchev–Trinajstić information content (AvgIpc) is 3.62. The molecule has 0 bridgehead atoms. The predicted octanol–water partition coefficient (Wildman–Crippen LogP) is 4.69. The summed E-state index contributed by atoms with van der Waals surface area (Å²) in [7, 11) is 1.60. The van der Waals surface area contributed by atoms with Gasteiger partial charge in [0.25, 0.3) is 0 Å². The summed E-state index contributed by atoms with van der Waals surface area (Å²) in [5, 5.41) is 9.81. The Balaban J connectivity index is 1.37. The van der Waals surface area contributed by atoms with Gasteiger partial charge in [-0.2, -0.15) is 9.36 Å². The number of hydrogen-bond donors (Lipinski definition) is 1. The molecule has 1 aliphatic rings. The number of carboxylic acid groups (broad SMARTS) is 1. The lowest BCUT2D eigenvalue weighted by molar-refractivity contribution is -0.140. The van der Waals surface area contributed by atoms with Crippen molar-refractivity contribution in [1.29, 1.82) is 0 Å². The van der Waals surface area contributed by atoms with E-state index in [0.717, 1.165) is 40.2 Å². The minimum atomic E-state index is -1.03. The van der Waals surface area contributed by atoms with Crippen LogP contribution in [0.15, 0.2) is 72.9 Å². The zero-order chi connectivity index (χ0) is 27.4. The van der Waals surface area contributed by atoms with Crippen molar-refractivity contribution in [3.63, 3.8) is 0 Å². The van der Waals surface area contributed by atoms with Gasteiger partial charge in [0.05, 0.1) is 12.3 Å². The second-order valence-electron chi connectivity index (χ2n) is 9.38. The fourth-order valence-electron chi connectivity index (χ4n) is 4.71. The van der Waals surface area contributed by atoms with Gasteiger partial charge >= 0.3 is 5.97 Å². The number of hydrogen-bond acceptors (Lipinski definition) is 7. The molecule has 1 aliphatic heterocycles. The molecule has 2 aromatic heterocycles. The third kappa shape index (κ3) is 5.85. The Hall–Kier alpha value is -4.44. The van der Waals surface area contributed by atoms with Crippen LogP contribution < -0.4 is 9.80 Å². The number of amides is 2. The summed E-state index contributed by atoms with van der Waals surface area (Å²) in [5.74, 6) is -0.905. The van der Waals surface area contributed by atoms with Gasteiger partial charge in [-0.15, -0.1) is 0 Å². The van der Waals surface area contributed by atoms with Crippen molar-refractivity contribution in [3.05, 3.63) is 78.5 Å². The van der Waals surface area contributed by atoms with E-state index >= 15 is 0 Å². The number of aliphatic carboxylic acids is 1. The van der Waals surface area contributed by atoms with E-state index in [-0.39, 0.29) is 18.2 Å². The quantitative estimate of drug-likeness (QED) is 0.327. The highest BCUT2D eigenvalue weighted by Gasteiger charge is 2.28. The molecule has 198 valence electrons. The molecular weight excluding hydrogens is 514 g/mol. The SMILES string of the molecule is CN(C(=O)[C@@H](CC(=O)O)Cc1ccccc1)c1nc(-c2ccccc2-c2ccc(N3CCCC3=O)nc2)ns1. The first-order valence-corrected chi connectivity index (χ1v) is 13.4. The number of rotatable bonds is 9. The smallest absolute Gasteiger partial charge is 0.304 e. The van der Waals surface area contributed by atoms with Crippen LogP contribution in [-0.4, -0.2) is 50.8 Å². The van der Waals surface area contributed by atoms with E-state index in [1.807, 2.05) is 66.7 Å². The fourth-order valence-corrected chi connectivity index (χ4v) is 5.36. The first kappa shape index (κ1) is 26.2. The number of carboxylic acids is 1. The molecule has 0 radical (unpaired) electrons. The average molecular weight is 542 g/mol. The number of carbonyl (C=O) groups excluding carboxylic acids is 2.